The van der Waals surface area contributed by atoms with Gasteiger partial charge >= 0.3 is 0 Å². The lowest BCUT2D eigenvalue weighted by molar-refractivity contribution is -0.131. The molecule has 124 valence electrons. The Hall–Kier alpha value is -2.69. The predicted octanol–water partition coefficient (Wildman–Crippen LogP) is 2.89. The zero-order valence-electron chi connectivity index (χ0n) is 13.6. The van der Waals surface area contributed by atoms with Crippen LogP contribution in [0.25, 0.3) is 0 Å². The lowest BCUT2D eigenvalue weighted by Gasteiger charge is -2.26. The average Bonchev–Trinajstić information content (AvgIpc) is 2.65. The van der Waals surface area contributed by atoms with Crippen LogP contribution in [0.2, 0.25) is 0 Å². The first-order valence-electron chi connectivity index (χ1n) is 8.30. The first-order chi connectivity index (χ1) is 11.7. The van der Waals surface area contributed by atoms with E-state index in [1.807, 2.05) is 29.2 Å². The number of carbonyl (C=O) groups excluding carboxylic acids is 2. The molecule has 2 heterocycles. The highest BCUT2D eigenvalue weighted by atomic mass is 16.2. The van der Waals surface area contributed by atoms with Crippen LogP contribution in [-0.4, -0.2) is 34.8 Å². The molecule has 5 nitrogen and oxygen atoms in total. The van der Waals surface area contributed by atoms with Crippen LogP contribution in [0.15, 0.2) is 48.8 Å². The van der Waals surface area contributed by atoms with Gasteiger partial charge in [0.1, 0.15) is 0 Å². The summed E-state index contributed by atoms with van der Waals surface area (Å²) in [7, 11) is 0. The van der Waals surface area contributed by atoms with Crippen molar-refractivity contribution in [2.75, 3.05) is 18.4 Å². The monoisotopic (exact) mass is 323 g/mol. The largest absolute Gasteiger partial charge is 0.342 e. The van der Waals surface area contributed by atoms with Crippen LogP contribution in [0.5, 0.6) is 0 Å². The van der Waals surface area contributed by atoms with Gasteiger partial charge in [0.15, 0.2) is 0 Å². The molecule has 1 fully saturated rings. The summed E-state index contributed by atoms with van der Waals surface area (Å²) >= 11 is 0. The molecule has 0 spiro atoms. The molecule has 0 bridgehead atoms. The third-order valence-electron chi connectivity index (χ3n) is 4.22. The van der Waals surface area contributed by atoms with Gasteiger partial charge in [0.25, 0.3) is 5.91 Å². The maximum atomic E-state index is 12.3. The van der Waals surface area contributed by atoms with Crippen LogP contribution < -0.4 is 5.32 Å². The molecule has 0 radical (unpaired) electrons. The molecule has 1 aromatic carbocycles. The molecule has 0 aliphatic carbocycles. The van der Waals surface area contributed by atoms with Crippen LogP contribution in [-0.2, 0) is 11.2 Å². The van der Waals surface area contributed by atoms with E-state index in [4.69, 9.17) is 0 Å². The van der Waals surface area contributed by atoms with Gasteiger partial charge in [-0.3, -0.25) is 14.6 Å². The molecule has 0 atom stereocenters. The summed E-state index contributed by atoms with van der Waals surface area (Å²) in [4.78, 5) is 30.2. The van der Waals surface area contributed by atoms with Gasteiger partial charge in [-0.1, -0.05) is 12.1 Å². The fourth-order valence-corrected chi connectivity index (χ4v) is 2.84. The zero-order valence-corrected chi connectivity index (χ0v) is 13.6. The lowest BCUT2D eigenvalue weighted by Crippen LogP contribution is -2.36. The number of hydrogen-bond acceptors (Lipinski definition) is 3. The molecule has 1 saturated heterocycles. The van der Waals surface area contributed by atoms with Crippen molar-refractivity contribution in [2.24, 2.45) is 0 Å². The third-order valence-corrected chi connectivity index (χ3v) is 4.22. The minimum Gasteiger partial charge on any atom is -0.342 e. The number of amides is 2. The van der Waals surface area contributed by atoms with E-state index >= 15 is 0 Å². The second-order valence-corrected chi connectivity index (χ2v) is 6.01. The van der Waals surface area contributed by atoms with Gasteiger partial charge in [-0.05, 0) is 49.1 Å². The minimum absolute atomic E-state index is 0.172. The standard InChI is InChI=1S/C19H21N3O2/c23-18(22-12-2-1-3-13-22)14-15-4-6-17(7-5-15)21-19(24)16-8-10-20-11-9-16/h4-11H,1-3,12-14H2,(H,21,24). The van der Waals surface area contributed by atoms with E-state index < -0.39 is 0 Å². The van der Waals surface area contributed by atoms with Crippen molar-refractivity contribution < 1.29 is 9.59 Å². The lowest BCUT2D eigenvalue weighted by atomic mass is 10.1. The summed E-state index contributed by atoms with van der Waals surface area (Å²) in [6, 6.07) is 10.8. The highest BCUT2D eigenvalue weighted by molar-refractivity contribution is 6.04. The SMILES string of the molecule is O=C(Nc1ccc(CC(=O)N2CCCCC2)cc1)c1ccncc1. The maximum Gasteiger partial charge on any atom is 0.255 e. The summed E-state index contributed by atoms with van der Waals surface area (Å²) in [6.07, 6.45) is 7.01. The van der Waals surface area contributed by atoms with Gasteiger partial charge in [-0.2, -0.15) is 0 Å². The Balaban J connectivity index is 1.57. The van der Waals surface area contributed by atoms with Gasteiger partial charge in [0, 0.05) is 36.7 Å². The maximum absolute atomic E-state index is 12.3. The first-order valence-corrected chi connectivity index (χ1v) is 8.30. The molecule has 2 amide bonds. The number of carbonyl (C=O) groups is 2. The first kappa shape index (κ1) is 16.2. The topological polar surface area (TPSA) is 62.3 Å². The molecule has 1 aromatic heterocycles. The highest BCUT2D eigenvalue weighted by Crippen LogP contribution is 2.14. The fraction of sp³-hybridized carbons (Fsp3) is 0.316. The smallest absolute Gasteiger partial charge is 0.255 e. The average molecular weight is 323 g/mol. The summed E-state index contributed by atoms with van der Waals surface area (Å²) in [5.74, 6) is 0.0119. The minimum atomic E-state index is -0.172. The van der Waals surface area contributed by atoms with Crippen molar-refractivity contribution in [1.82, 2.24) is 9.88 Å². The van der Waals surface area contributed by atoms with Crippen LogP contribution in [0.3, 0.4) is 0 Å². The molecular formula is C19H21N3O2. The van der Waals surface area contributed by atoms with Crippen LogP contribution in [0.4, 0.5) is 5.69 Å². The second kappa shape index (κ2) is 7.73. The Morgan fingerprint density at radius 3 is 2.29 bits per heavy atom. The van der Waals surface area contributed by atoms with Crippen molar-refractivity contribution in [1.29, 1.82) is 0 Å². The zero-order chi connectivity index (χ0) is 16.8. The van der Waals surface area contributed by atoms with Crippen molar-refractivity contribution >= 4 is 17.5 Å². The third kappa shape index (κ3) is 4.19. The Kier molecular flexibility index (Phi) is 5.21. The molecule has 5 heteroatoms. The number of benzene rings is 1. The Bertz CT molecular complexity index is 692. The number of likely N-dealkylation sites (tertiary alicyclic amines) is 1. The molecule has 1 aliphatic rings. The quantitative estimate of drug-likeness (QED) is 0.941. The number of piperidine rings is 1. The summed E-state index contributed by atoms with van der Waals surface area (Å²) in [5, 5.41) is 2.84. The van der Waals surface area contributed by atoms with E-state index in [1.54, 1.807) is 24.5 Å². The van der Waals surface area contributed by atoms with Gasteiger partial charge in [0.2, 0.25) is 5.91 Å². The Morgan fingerprint density at radius 2 is 1.62 bits per heavy atom. The molecule has 24 heavy (non-hydrogen) atoms. The molecule has 0 unspecified atom stereocenters. The van der Waals surface area contributed by atoms with E-state index in [0.717, 1.165) is 31.5 Å². The van der Waals surface area contributed by atoms with Gasteiger partial charge in [-0.25, -0.2) is 0 Å². The van der Waals surface area contributed by atoms with Crippen LogP contribution >= 0.6 is 0 Å². The number of hydrogen-bond donors (Lipinski definition) is 1. The Morgan fingerprint density at radius 1 is 0.958 bits per heavy atom. The number of anilines is 1. The second-order valence-electron chi connectivity index (χ2n) is 6.01. The van der Waals surface area contributed by atoms with Crippen molar-refractivity contribution in [3.63, 3.8) is 0 Å². The fourth-order valence-electron chi connectivity index (χ4n) is 2.84. The normalized spacial score (nSPS) is 14.2. The molecule has 0 saturated carbocycles. The van der Waals surface area contributed by atoms with Gasteiger partial charge in [-0.15, -0.1) is 0 Å². The van der Waals surface area contributed by atoms with E-state index in [2.05, 4.69) is 10.3 Å². The van der Waals surface area contributed by atoms with Crippen molar-refractivity contribution in [2.45, 2.75) is 25.7 Å². The highest BCUT2D eigenvalue weighted by Gasteiger charge is 2.16. The van der Waals surface area contributed by atoms with Gasteiger partial charge in [0.05, 0.1) is 6.42 Å². The molecule has 3 rings (SSSR count). The van der Waals surface area contributed by atoms with Crippen LogP contribution in [0.1, 0.15) is 35.2 Å². The number of nitrogens with zero attached hydrogens (tertiary/aromatic N) is 2. The number of pyridine rings is 1. The number of nitrogens with one attached hydrogen (secondary N) is 1. The Labute approximate surface area is 141 Å². The van der Waals surface area contributed by atoms with Crippen molar-refractivity contribution in [3.8, 4) is 0 Å². The van der Waals surface area contributed by atoms with Crippen molar-refractivity contribution in [3.05, 3.63) is 59.9 Å². The number of aromatic nitrogens is 1. The van der Waals surface area contributed by atoms with E-state index in [-0.39, 0.29) is 11.8 Å². The summed E-state index contributed by atoms with van der Waals surface area (Å²) < 4.78 is 0. The molecule has 1 aliphatic heterocycles. The molecule has 1 N–H and O–H groups in total. The van der Waals surface area contributed by atoms with E-state index in [9.17, 15) is 9.59 Å². The summed E-state index contributed by atoms with van der Waals surface area (Å²) in [5.41, 5.74) is 2.24. The molecular weight excluding hydrogens is 302 g/mol. The summed E-state index contributed by atoms with van der Waals surface area (Å²) in [6.45, 7) is 1.75. The van der Waals surface area contributed by atoms with Crippen LogP contribution in [0, 0.1) is 0 Å². The molecule has 2 aromatic rings. The van der Waals surface area contributed by atoms with E-state index in [0.29, 0.717) is 17.7 Å². The van der Waals surface area contributed by atoms with E-state index in [1.165, 1.54) is 6.42 Å². The van der Waals surface area contributed by atoms with Gasteiger partial charge < -0.3 is 10.2 Å². The number of rotatable bonds is 4. The predicted molar refractivity (Wildman–Crippen MR) is 92.8 cm³/mol.